The highest BCUT2D eigenvalue weighted by Gasteiger charge is 2.28. The van der Waals surface area contributed by atoms with Crippen molar-refractivity contribution in [3.05, 3.63) is 35.6 Å². The van der Waals surface area contributed by atoms with Crippen LogP contribution in [-0.4, -0.2) is 13.1 Å². The molecular weight excluding hydrogens is 204 g/mol. The summed E-state index contributed by atoms with van der Waals surface area (Å²) in [5.41, 5.74) is 0.993. The van der Waals surface area contributed by atoms with Gasteiger partial charge in [-0.1, -0.05) is 12.1 Å². The van der Waals surface area contributed by atoms with Gasteiger partial charge in [-0.25, -0.2) is 4.79 Å². The average molecular weight is 218 g/mol. The van der Waals surface area contributed by atoms with Crippen LogP contribution in [0.25, 0.3) is 0 Å². The Kier molecular flexibility index (Phi) is 3.28. The Morgan fingerprint density at radius 3 is 2.94 bits per heavy atom. The molecule has 16 heavy (non-hydrogen) atoms. The lowest BCUT2D eigenvalue weighted by Gasteiger charge is -2.07. The van der Waals surface area contributed by atoms with Crippen LogP contribution in [0.15, 0.2) is 30.0 Å². The van der Waals surface area contributed by atoms with E-state index in [1.54, 1.807) is 7.11 Å². The molecule has 1 aromatic rings. The van der Waals surface area contributed by atoms with E-state index in [9.17, 15) is 4.79 Å². The maximum absolute atomic E-state index is 10.6. The second kappa shape index (κ2) is 4.86. The van der Waals surface area contributed by atoms with Gasteiger partial charge in [0.15, 0.2) is 11.7 Å². The molecule has 0 radical (unpaired) electrons. The number of allylic oxidation sites excluding steroid dienone is 1. The van der Waals surface area contributed by atoms with Crippen molar-refractivity contribution in [3.63, 3.8) is 0 Å². The lowest BCUT2D eigenvalue weighted by Crippen LogP contribution is -1.96. The standard InChI is InChI=1S/C13H14O3/c1-15-12-4-2-3-10(7-12)9-16-13(8-14)11-5-6-11/h2-4,7,11H,5-6,9H2,1H3. The van der Waals surface area contributed by atoms with Gasteiger partial charge in [0, 0.05) is 5.92 Å². The predicted octanol–water partition coefficient (Wildman–Crippen LogP) is 2.34. The zero-order valence-electron chi connectivity index (χ0n) is 9.23. The number of hydrogen-bond acceptors (Lipinski definition) is 3. The fraction of sp³-hybridized carbons (Fsp3) is 0.385. The van der Waals surface area contributed by atoms with Crippen LogP contribution < -0.4 is 4.74 Å². The van der Waals surface area contributed by atoms with Crippen LogP contribution in [0.2, 0.25) is 0 Å². The topological polar surface area (TPSA) is 35.5 Å². The first-order chi connectivity index (χ1) is 7.83. The van der Waals surface area contributed by atoms with Crippen LogP contribution in [0.5, 0.6) is 5.75 Å². The van der Waals surface area contributed by atoms with Gasteiger partial charge in [-0.15, -0.1) is 0 Å². The third-order valence-corrected chi connectivity index (χ3v) is 2.58. The molecule has 0 N–H and O–H groups in total. The first kappa shape index (κ1) is 10.8. The first-order valence-corrected chi connectivity index (χ1v) is 5.34. The Hall–Kier alpha value is -1.73. The van der Waals surface area contributed by atoms with E-state index in [-0.39, 0.29) is 0 Å². The van der Waals surface area contributed by atoms with Crippen LogP contribution in [0, 0.1) is 5.92 Å². The van der Waals surface area contributed by atoms with Gasteiger partial charge in [-0.3, -0.25) is 0 Å². The minimum atomic E-state index is 0.308. The molecule has 1 saturated carbocycles. The van der Waals surface area contributed by atoms with Gasteiger partial charge in [0.2, 0.25) is 0 Å². The number of methoxy groups -OCH3 is 1. The Bertz CT molecular complexity index is 415. The number of benzene rings is 1. The lowest BCUT2D eigenvalue weighted by atomic mass is 10.2. The van der Waals surface area contributed by atoms with Crippen molar-refractivity contribution in [2.75, 3.05) is 7.11 Å². The molecule has 1 aromatic carbocycles. The quantitative estimate of drug-likeness (QED) is 0.562. The lowest BCUT2D eigenvalue weighted by molar-refractivity contribution is 0.187. The largest absolute Gasteiger partial charge is 0.497 e. The van der Waals surface area contributed by atoms with Crippen LogP contribution in [0.3, 0.4) is 0 Å². The summed E-state index contributed by atoms with van der Waals surface area (Å²) in [6.07, 6.45) is 2.09. The maximum Gasteiger partial charge on any atom is 0.183 e. The zero-order chi connectivity index (χ0) is 11.4. The molecule has 0 spiro atoms. The van der Waals surface area contributed by atoms with Crippen molar-refractivity contribution >= 4 is 5.94 Å². The Balaban J connectivity index is 1.95. The monoisotopic (exact) mass is 218 g/mol. The number of ether oxygens (including phenoxy) is 2. The molecule has 0 aliphatic heterocycles. The molecule has 0 bridgehead atoms. The first-order valence-electron chi connectivity index (χ1n) is 5.34. The molecule has 2 rings (SSSR count). The molecule has 0 saturated heterocycles. The highest BCUT2D eigenvalue weighted by Crippen LogP contribution is 2.36. The summed E-state index contributed by atoms with van der Waals surface area (Å²) >= 11 is 0. The molecule has 0 aromatic heterocycles. The average Bonchev–Trinajstić information content (AvgIpc) is 3.15. The molecule has 3 heteroatoms. The van der Waals surface area contributed by atoms with Gasteiger partial charge in [-0.05, 0) is 30.5 Å². The van der Waals surface area contributed by atoms with E-state index in [0.717, 1.165) is 24.2 Å². The van der Waals surface area contributed by atoms with E-state index in [1.807, 2.05) is 30.2 Å². The molecular formula is C13H14O3. The normalized spacial score (nSPS) is 14.1. The van der Waals surface area contributed by atoms with Crippen molar-refractivity contribution in [2.45, 2.75) is 19.4 Å². The highest BCUT2D eigenvalue weighted by molar-refractivity contribution is 5.51. The van der Waals surface area contributed by atoms with Gasteiger partial charge >= 0.3 is 0 Å². The van der Waals surface area contributed by atoms with Crippen LogP contribution in [-0.2, 0) is 16.1 Å². The summed E-state index contributed by atoms with van der Waals surface area (Å²) in [6, 6.07) is 7.62. The van der Waals surface area contributed by atoms with Gasteiger partial charge in [0.25, 0.3) is 0 Å². The van der Waals surface area contributed by atoms with E-state index < -0.39 is 0 Å². The zero-order valence-corrected chi connectivity index (χ0v) is 9.23. The van der Waals surface area contributed by atoms with E-state index in [1.165, 1.54) is 0 Å². The Labute approximate surface area is 94.7 Å². The summed E-state index contributed by atoms with van der Waals surface area (Å²) in [4.78, 5) is 10.6. The summed E-state index contributed by atoms with van der Waals surface area (Å²) in [5, 5.41) is 0. The predicted molar refractivity (Wildman–Crippen MR) is 59.7 cm³/mol. The summed E-state index contributed by atoms with van der Waals surface area (Å²) in [5.74, 6) is 3.44. The minimum Gasteiger partial charge on any atom is -0.497 e. The van der Waals surface area contributed by atoms with Crippen LogP contribution in [0.4, 0.5) is 0 Å². The van der Waals surface area contributed by atoms with E-state index in [4.69, 9.17) is 9.47 Å². The van der Waals surface area contributed by atoms with Crippen LogP contribution >= 0.6 is 0 Å². The summed E-state index contributed by atoms with van der Waals surface area (Å²) < 4.78 is 10.5. The van der Waals surface area contributed by atoms with Gasteiger partial charge in [0.1, 0.15) is 12.4 Å². The van der Waals surface area contributed by atoms with Gasteiger partial charge < -0.3 is 9.47 Å². The van der Waals surface area contributed by atoms with Gasteiger partial charge in [0.05, 0.1) is 7.11 Å². The number of rotatable bonds is 5. The second-order valence-electron chi connectivity index (χ2n) is 3.88. The SMILES string of the molecule is COc1cccc(COC(=C=O)C2CC2)c1. The van der Waals surface area contributed by atoms with E-state index in [0.29, 0.717) is 18.3 Å². The van der Waals surface area contributed by atoms with Gasteiger partial charge in [-0.2, -0.15) is 0 Å². The fourth-order valence-corrected chi connectivity index (χ4v) is 1.50. The minimum absolute atomic E-state index is 0.308. The third-order valence-electron chi connectivity index (χ3n) is 2.58. The van der Waals surface area contributed by atoms with Crippen molar-refractivity contribution < 1.29 is 14.3 Å². The Morgan fingerprint density at radius 2 is 2.31 bits per heavy atom. The highest BCUT2D eigenvalue weighted by atomic mass is 16.5. The second-order valence-corrected chi connectivity index (χ2v) is 3.88. The van der Waals surface area contributed by atoms with E-state index >= 15 is 0 Å². The molecule has 1 fully saturated rings. The smallest absolute Gasteiger partial charge is 0.183 e. The Morgan fingerprint density at radius 1 is 1.50 bits per heavy atom. The van der Waals surface area contributed by atoms with Crippen molar-refractivity contribution in [1.29, 1.82) is 0 Å². The number of carbonyl (C=O) groups excluding carboxylic acids is 1. The third kappa shape index (κ3) is 2.65. The summed E-state index contributed by atoms with van der Waals surface area (Å²) in [7, 11) is 1.63. The molecule has 3 nitrogen and oxygen atoms in total. The maximum atomic E-state index is 10.6. The summed E-state index contributed by atoms with van der Waals surface area (Å²) in [6.45, 7) is 0.401. The molecule has 1 aliphatic rings. The molecule has 0 atom stereocenters. The molecule has 1 aliphatic carbocycles. The fourth-order valence-electron chi connectivity index (χ4n) is 1.50. The molecule has 0 amide bonds. The van der Waals surface area contributed by atoms with Crippen molar-refractivity contribution in [1.82, 2.24) is 0 Å². The van der Waals surface area contributed by atoms with Crippen molar-refractivity contribution in [2.24, 2.45) is 5.92 Å². The molecule has 0 unspecified atom stereocenters. The van der Waals surface area contributed by atoms with Crippen LogP contribution in [0.1, 0.15) is 18.4 Å². The van der Waals surface area contributed by atoms with Crippen molar-refractivity contribution in [3.8, 4) is 5.75 Å². The number of hydrogen-bond donors (Lipinski definition) is 0. The molecule has 0 heterocycles. The molecule has 84 valence electrons. The van der Waals surface area contributed by atoms with E-state index in [2.05, 4.69) is 0 Å².